The van der Waals surface area contributed by atoms with Crippen molar-refractivity contribution in [3.05, 3.63) is 0 Å². The first-order chi connectivity index (χ1) is 9.03. The van der Waals surface area contributed by atoms with Gasteiger partial charge in [0.1, 0.15) is 0 Å². The molecule has 19 heavy (non-hydrogen) atoms. The van der Waals surface area contributed by atoms with Crippen LogP contribution in [0.4, 0.5) is 4.79 Å². The lowest BCUT2D eigenvalue weighted by Gasteiger charge is -2.19. The molecule has 2 N–H and O–H groups in total. The molecule has 3 amide bonds. The third-order valence-electron chi connectivity index (χ3n) is 2.96. The SMILES string of the molecule is CCN(CC)CCCC(C)NC(=O)NC(=O)CCCl. The number of imide groups is 1. The van der Waals surface area contributed by atoms with Crippen molar-refractivity contribution in [2.75, 3.05) is 25.5 Å². The Labute approximate surface area is 121 Å². The van der Waals surface area contributed by atoms with E-state index in [1.807, 2.05) is 6.92 Å². The van der Waals surface area contributed by atoms with Crippen LogP contribution in [0.3, 0.4) is 0 Å². The second-order valence-corrected chi connectivity index (χ2v) is 4.91. The van der Waals surface area contributed by atoms with Crippen LogP contribution in [0.15, 0.2) is 0 Å². The van der Waals surface area contributed by atoms with E-state index < -0.39 is 6.03 Å². The first kappa shape index (κ1) is 18.2. The number of rotatable bonds is 9. The van der Waals surface area contributed by atoms with Crippen molar-refractivity contribution in [1.29, 1.82) is 0 Å². The molecule has 0 radical (unpaired) electrons. The van der Waals surface area contributed by atoms with Crippen LogP contribution in [0.1, 0.15) is 40.0 Å². The highest BCUT2D eigenvalue weighted by Gasteiger charge is 2.10. The van der Waals surface area contributed by atoms with Crippen molar-refractivity contribution in [2.45, 2.75) is 46.1 Å². The van der Waals surface area contributed by atoms with Gasteiger partial charge in [-0.05, 0) is 39.4 Å². The molecule has 0 aliphatic heterocycles. The summed E-state index contributed by atoms with van der Waals surface area (Å²) in [6.45, 7) is 9.35. The summed E-state index contributed by atoms with van der Waals surface area (Å²) in [6, 6.07) is -0.384. The Morgan fingerprint density at radius 1 is 1.26 bits per heavy atom. The summed E-state index contributed by atoms with van der Waals surface area (Å²) < 4.78 is 0. The molecule has 0 saturated carbocycles. The number of alkyl halides is 1. The minimum atomic E-state index is -0.439. The Kier molecular flexibility index (Phi) is 10.6. The second kappa shape index (κ2) is 11.1. The van der Waals surface area contributed by atoms with Gasteiger partial charge in [-0.2, -0.15) is 0 Å². The zero-order valence-electron chi connectivity index (χ0n) is 12.2. The molecule has 6 heteroatoms. The maximum absolute atomic E-state index is 11.5. The Bertz CT molecular complexity index is 271. The van der Waals surface area contributed by atoms with Crippen LogP contribution >= 0.6 is 11.6 Å². The molecule has 0 fully saturated rings. The fraction of sp³-hybridized carbons (Fsp3) is 0.846. The molecular formula is C13H26ClN3O2. The van der Waals surface area contributed by atoms with Gasteiger partial charge in [-0.15, -0.1) is 11.6 Å². The summed E-state index contributed by atoms with van der Waals surface area (Å²) in [7, 11) is 0. The average Bonchev–Trinajstić information content (AvgIpc) is 2.34. The van der Waals surface area contributed by atoms with Gasteiger partial charge in [0, 0.05) is 18.3 Å². The smallest absolute Gasteiger partial charge is 0.321 e. The van der Waals surface area contributed by atoms with Gasteiger partial charge >= 0.3 is 6.03 Å². The van der Waals surface area contributed by atoms with Crippen LogP contribution in [-0.2, 0) is 4.79 Å². The molecule has 0 aliphatic carbocycles. The number of carbonyl (C=O) groups is 2. The molecule has 0 spiro atoms. The van der Waals surface area contributed by atoms with Crippen LogP contribution in [0.5, 0.6) is 0 Å². The number of carbonyl (C=O) groups excluding carboxylic acids is 2. The molecule has 1 atom stereocenters. The molecule has 0 aromatic rings. The number of hydrogen-bond acceptors (Lipinski definition) is 3. The van der Waals surface area contributed by atoms with Gasteiger partial charge in [-0.25, -0.2) is 4.79 Å². The standard InChI is InChI=1S/C13H26ClN3O2/c1-4-17(5-2)10-6-7-11(3)15-13(19)16-12(18)8-9-14/h11H,4-10H2,1-3H3,(H2,15,16,18,19). The lowest BCUT2D eigenvalue weighted by molar-refractivity contribution is -0.119. The van der Waals surface area contributed by atoms with Crippen LogP contribution in [-0.4, -0.2) is 48.4 Å². The Hall–Kier alpha value is -0.810. The summed E-state index contributed by atoms with van der Waals surface area (Å²) in [5, 5.41) is 5.00. The molecule has 0 aliphatic rings. The highest BCUT2D eigenvalue weighted by atomic mass is 35.5. The Morgan fingerprint density at radius 2 is 1.89 bits per heavy atom. The van der Waals surface area contributed by atoms with Crippen LogP contribution < -0.4 is 10.6 Å². The van der Waals surface area contributed by atoms with Gasteiger partial charge < -0.3 is 10.2 Å². The Balaban J connectivity index is 3.76. The number of nitrogens with zero attached hydrogens (tertiary/aromatic N) is 1. The summed E-state index contributed by atoms with van der Waals surface area (Å²) in [5.74, 6) is -0.124. The van der Waals surface area contributed by atoms with Crippen LogP contribution in [0.2, 0.25) is 0 Å². The minimum absolute atomic E-state index is 0.0550. The number of amides is 3. The fourth-order valence-corrected chi connectivity index (χ4v) is 1.94. The maximum atomic E-state index is 11.5. The first-order valence-electron chi connectivity index (χ1n) is 6.92. The summed E-state index contributed by atoms with van der Waals surface area (Å²) in [4.78, 5) is 24.9. The van der Waals surface area contributed by atoms with Crippen molar-refractivity contribution in [2.24, 2.45) is 0 Å². The van der Waals surface area contributed by atoms with E-state index in [2.05, 4.69) is 29.4 Å². The van der Waals surface area contributed by atoms with Crippen LogP contribution in [0.25, 0.3) is 0 Å². The quantitative estimate of drug-likeness (QED) is 0.638. The molecule has 1 unspecified atom stereocenters. The van der Waals surface area contributed by atoms with E-state index >= 15 is 0 Å². The molecule has 0 heterocycles. The van der Waals surface area contributed by atoms with E-state index in [1.54, 1.807) is 0 Å². The topological polar surface area (TPSA) is 61.4 Å². The lowest BCUT2D eigenvalue weighted by atomic mass is 10.2. The first-order valence-corrected chi connectivity index (χ1v) is 7.45. The summed E-state index contributed by atoms with van der Waals surface area (Å²) >= 11 is 5.41. The van der Waals surface area contributed by atoms with Gasteiger partial charge in [-0.1, -0.05) is 13.8 Å². The van der Waals surface area contributed by atoms with E-state index in [9.17, 15) is 9.59 Å². The minimum Gasteiger partial charge on any atom is -0.335 e. The molecular weight excluding hydrogens is 266 g/mol. The van der Waals surface area contributed by atoms with E-state index in [-0.39, 0.29) is 24.2 Å². The second-order valence-electron chi connectivity index (χ2n) is 4.53. The predicted octanol–water partition coefficient (Wildman–Crippen LogP) is 1.95. The number of urea groups is 1. The third-order valence-corrected chi connectivity index (χ3v) is 3.15. The van der Waals surface area contributed by atoms with Crippen molar-refractivity contribution in [1.82, 2.24) is 15.5 Å². The molecule has 112 valence electrons. The van der Waals surface area contributed by atoms with Crippen molar-refractivity contribution < 1.29 is 9.59 Å². The van der Waals surface area contributed by atoms with Gasteiger partial charge in [0.15, 0.2) is 0 Å². The molecule has 0 aromatic carbocycles. The van der Waals surface area contributed by atoms with Gasteiger partial charge in [0.05, 0.1) is 0 Å². The maximum Gasteiger partial charge on any atom is 0.321 e. The molecule has 0 rings (SSSR count). The molecule has 0 saturated heterocycles. The van der Waals surface area contributed by atoms with Gasteiger partial charge in [0.2, 0.25) is 5.91 Å². The van der Waals surface area contributed by atoms with Gasteiger partial charge in [-0.3, -0.25) is 10.1 Å². The van der Waals surface area contributed by atoms with Crippen molar-refractivity contribution in [3.8, 4) is 0 Å². The largest absolute Gasteiger partial charge is 0.335 e. The zero-order valence-corrected chi connectivity index (χ0v) is 12.9. The van der Waals surface area contributed by atoms with E-state index in [1.165, 1.54) is 0 Å². The van der Waals surface area contributed by atoms with E-state index in [0.29, 0.717) is 0 Å². The van der Waals surface area contributed by atoms with Crippen molar-refractivity contribution in [3.63, 3.8) is 0 Å². The van der Waals surface area contributed by atoms with Gasteiger partial charge in [0.25, 0.3) is 0 Å². The summed E-state index contributed by atoms with van der Waals surface area (Å²) in [6.07, 6.45) is 2.08. The molecule has 0 aromatic heterocycles. The monoisotopic (exact) mass is 291 g/mol. The number of halogens is 1. The van der Waals surface area contributed by atoms with E-state index in [0.717, 1.165) is 32.5 Å². The fourth-order valence-electron chi connectivity index (χ4n) is 1.77. The zero-order chi connectivity index (χ0) is 14.7. The average molecular weight is 292 g/mol. The number of nitrogens with one attached hydrogen (secondary N) is 2. The predicted molar refractivity (Wildman–Crippen MR) is 78.5 cm³/mol. The highest BCUT2D eigenvalue weighted by molar-refractivity contribution is 6.19. The normalized spacial score (nSPS) is 12.3. The van der Waals surface area contributed by atoms with Crippen molar-refractivity contribution >= 4 is 23.5 Å². The number of hydrogen-bond donors (Lipinski definition) is 2. The third kappa shape index (κ3) is 9.73. The molecule has 0 bridgehead atoms. The Morgan fingerprint density at radius 3 is 2.42 bits per heavy atom. The highest BCUT2D eigenvalue weighted by Crippen LogP contribution is 1.99. The summed E-state index contributed by atoms with van der Waals surface area (Å²) in [5.41, 5.74) is 0. The van der Waals surface area contributed by atoms with Crippen LogP contribution in [0, 0.1) is 0 Å². The molecule has 5 nitrogen and oxygen atoms in total. The lowest BCUT2D eigenvalue weighted by Crippen LogP contribution is -2.43. The van der Waals surface area contributed by atoms with E-state index in [4.69, 9.17) is 11.6 Å².